The molecule has 0 amide bonds. The molecule has 1 atom stereocenters. The van der Waals surface area contributed by atoms with Crippen LogP contribution >= 0.6 is 0 Å². The van der Waals surface area contributed by atoms with Crippen molar-refractivity contribution in [1.82, 2.24) is 0 Å². The third-order valence-corrected chi connectivity index (χ3v) is 2.09. The van der Waals surface area contributed by atoms with Gasteiger partial charge < -0.3 is 10.2 Å². The van der Waals surface area contributed by atoms with E-state index in [4.69, 9.17) is 5.11 Å². The minimum absolute atomic E-state index is 0.0792. The third kappa shape index (κ3) is 3.11. The van der Waals surface area contributed by atoms with Crippen molar-refractivity contribution in [1.29, 1.82) is 0 Å². The van der Waals surface area contributed by atoms with Crippen LogP contribution in [-0.2, 0) is 4.79 Å². The summed E-state index contributed by atoms with van der Waals surface area (Å²) in [7, 11) is 0. The van der Waals surface area contributed by atoms with Gasteiger partial charge in [-0.2, -0.15) is 0 Å². The maximum Gasteiger partial charge on any atom is 0.269 e. The lowest BCUT2D eigenvalue weighted by molar-refractivity contribution is -0.384. The molecule has 1 aromatic rings. The van der Waals surface area contributed by atoms with Crippen LogP contribution in [0.1, 0.15) is 18.1 Å². The highest BCUT2D eigenvalue weighted by Crippen LogP contribution is 2.20. The molecule has 0 saturated carbocycles. The first-order valence-electron chi connectivity index (χ1n) is 4.59. The van der Waals surface area contributed by atoms with Crippen molar-refractivity contribution in [3.05, 3.63) is 39.9 Å². The Morgan fingerprint density at radius 2 is 1.94 bits per heavy atom. The zero-order valence-corrected chi connectivity index (χ0v) is 8.37. The van der Waals surface area contributed by atoms with E-state index < -0.39 is 23.4 Å². The van der Waals surface area contributed by atoms with E-state index in [1.807, 2.05) is 0 Å². The fourth-order valence-corrected chi connectivity index (χ4v) is 1.22. The number of aliphatic hydroxyl groups excluding tert-OH is 2. The van der Waals surface area contributed by atoms with Gasteiger partial charge in [-0.15, -0.1) is 0 Å². The standard InChI is InChI=1S/C10H11NO5/c12-6-9(13)5-10(14)7-1-3-8(4-2-7)11(15)16/h1-4,10,12,14H,5-6H2/t10-/m1/s1. The number of aliphatic hydroxyl groups is 2. The first kappa shape index (κ1) is 12.3. The Morgan fingerprint density at radius 3 is 2.38 bits per heavy atom. The van der Waals surface area contributed by atoms with Gasteiger partial charge in [0.25, 0.3) is 5.69 Å². The second kappa shape index (κ2) is 5.34. The van der Waals surface area contributed by atoms with Crippen molar-refractivity contribution in [2.24, 2.45) is 0 Å². The van der Waals surface area contributed by atoms with Crippen molar-refractivity contribution in [2.75, 3.05) is 6.61 Å². The van der Waals surface area contributed by atoms with E-state index in [1.165, 1.54) is 24.3 Å². The quantitative estimate of drug-likeness (QED) is 0.563. The summed E-state index contributed by atoms with van der Waals surface area (Å²) in [6.45, 7) is -0.621. The van der Waals surface area contributed by atoms with Gasteiger partial charge in [0.05, 0.1) is 11.0 Å². The minimum Gasteiger partial charge on any atom is -0.389 e. The van der Waals surface area contributed by atoms with E-state index in [1.54, 1.807) is 0 Å². The smallest absolute Gasteiger partial charge is 0.269 e. The van der Waals surface area contributed by atoms with Crippen LogP contribution < -0.4 is 0 Å². The molecule has 1 aromatic carbocycles. The van der Waals surface area contributed by atoms with Gasteiger partial charge in [0.15, 0.2) is 5.78 Å². The van der Waals surface area contributed by atoms with Crippen molar-refractivity contribution in [3.8, 4) is 0 Å². The topological polar surface area (TPSA) is 101 Å². The predicted molar refractivity (Wildman–Crippen MR) is 54.8 cm³/mol. The van der Waals surface area contributed by atoms with Crippen LogP contribution in [0.3, 0.4) is 0 Å². The maximum atomic E-state index is 10.9. The van der Waals surface area contributed by atoms with Gasteiger partial charge in [0, 0.05) is 18.6 Å². The Balaban J connectivity index is 2.73. The highest BCUT2D eigenvalue weighted by molar-refractivity contribution is 5.80. The molecule has 0 aliphatic carbocycles. The molecule has 6 nitrogen and oxygen atoms in total. The second-order valence-corrected chi connectivity index (χ2v) is 3.27. The predicted octanol–water partition coefficient (Wildman–Crippen LogP) is 0.580. The van der Waals surface area contributed by atoms with Gasteiger partial charge in [-0.25, -0.2) is 0 Å². The lowest BCUT2D eigenvalue weighted by Gasteiger charge is -2.08. The fraction of sp³-hybridized carbons (Fsp3) is 0.300. The van der Waals surface area contributed by atoms with Gasteiger partial charge in [-0.1, -0.05) is 0 Å². The van der Waals surface area contributed by atoms with Crippen LogP contribution in [0.25, 0.3) is 0 Å². The number of non-ortho nitro benzene ring substituents is 1. The number of carbonyl (C=O) groups excluding carboxylic acids is 1. The van der Waals surface area contributed by atoms with E-state index in [0.717, 1.165) is 0 Å². The van der Waals surface area contributed by atoms with E-state index in [9.17, 15) is 20.0 Å². The third-order valence-electron chi connectivity index (χ3n) is 2.09. The summed E-state index contributed by atoms with van der Waals surface area (Å²) < 4.78 is 0. The van der Waals surface area contributed by atoms with Crippen LogP contribution in [0, 0.1) is 10.1 Å². The monoisotopic (exact) mass is 225 g/mol. The molecule has 0 unspecified atom stereocenters. The number of nitro benzene ring substituents is 1. The van der Waals surface area contributed by atoms with Crippen molar-refractivity contribution >= 4 is 11.5 Å². The molecule has 6 heteroatoms. The number of nitrogens with zero attached hydrogens (tertiary/aromatic N) is 1. The SMILES string of the molecule is O=C(CO)C[C@@H](O)c1ccc([N+](=O)[O-])cc1. The molecule has 0 fully saturated rings. The molecule has 2 N–H and O–H groups in total. The van der Waals surface area contributed by atoms with Gasteiger partial charge in [-0.3, -0.25) is 14.9 Å². The molecule has 1 rings (SSSR count). The molecule has 0 bridgehead atoms. The van der Waals surface area contributed by atoms with E-state index in [2.05, 4.69) is 0 Å². The molecule has 86 valence electrons. The van der Waals surface area contributed by atoms with Crippen LogP contribution in [0.2, 0.25) is 0 Å². The summed E-state index contributed by atoms with van der Waals surface area (Å²) >= 11 is 0. The Hall–Kier alpha value is -1.79. The summed E-state index contributed by atoms with van der Waals surface area (Å²) in [5, 5.41) is 28.4. The highest BCUT2D eigenvalue weighted by Gasteiger charge is 2.13. The molecule has 0 heterocycles. The Labute approximate surface area is 91.3 Å². The first-order valence-corrected chi connectivity index (χ1v) is 4.59. The Kier molecular flexibility index (Phi) is 4.10. The van der Waals surface area contributed by atoms with E-state index in [0.29, 0.717) is 5.56 Å². The molecule has 0 saturated heterocycles. The fourth-order valence-electron chi connectivity index (χ4n) is 1.22. The van der Waals surface area contributed by atoms with Crippen molar-refractivity contribution in [2.45, 2.75) is 12.5 Å². The summed E-state index contributed by atoms with van der Waals surface area (Å²) in [4.78, 5) is 20.7. The summed E-state index contributed by atoms with van der Waals surface area (Å²) in [6.07, 6.45) is -1.24. The van der Waals surface area contributed by atoms with Crippen molar-refractivity contribution < 1.29 is 19.9 Å². The zero-order valence-electron chi connectivity index (χ0n) is 8.37. The largest absolute Gasteiger partial charge is 0.389 e. The first-order chi connectivity index (χ1) is 7.54. The number of hydrogen-bond acceptors (Lipinski definition) is 5. The molecule has 0 spiro atoms. The Bertz CT molecular complexity index is 387. The number of benzene rings is 1. The van der Waals surface area contributed by atoms with Crippen LogP contribution in [0.5, 0.6) is 0 Å². The Morgan fingerprint density at radius 1 is 1.38 bits per heavy atom. The average Bonchev–Trinajstić information content (AvgIpc) is 2.28. The molecular formula is C10H11NO5. The van der Waals surface area contributed by atoms with E-state index >= 15 is 0 Å². The molecule has 0 aromatic heterocycles. The highest BCUT2D eigenvalue weighted by atomic mass is 16.6. The number of Topliss-reactive ketones (excluding diaryl/α,β-unsaturated/α-hetero) is 1. The van der Waals surface area contributed by atoms with Crippen LogP contribution in [0.4, 0.5) is 5.69 Å². The summed E-state index contributed by atoms with van der Waals surface area (Å²) in [5.74, 6) is -0.481. The number of nitro groups is 1. The second-order valence-electron chi connectivity index (χ2n) is 3.27. The average molecular weight is 225 g/mol. The van der Waals surface area contributed by atoms with Gasteiger partial charge in [-0.05, 0) is 17.7 Å². The molecule has 0 aliphatic heterocycles. The lowest BCUT2D eigenvalue weighted by atomic mass is 10.0. The maximum absolute atomic E-state index is 10.9. The van der Waals surface area contributed by atoms with Gasteiger partial charge in [0.1, 0.15) is 6.61 Å². The zero-order chi connectivity index (χ0) is 12.1. The van der Waals surface area contributed by atoms with Crippen LogP contribution in [0.15, 0.2) is 24.3 Å². The molecular weight excluding hydrogens is 214 g/mol. The van der Waals surface area contributed by atoms with Crippen molar-refractivity contribution in [3.63, 3.8) is 0 Å². The molecule has 16 heavy (non-hydrogen) atoms. The number of hydrogen-bond donors (Lipinski definition) is 2. The number of ketones is 1. The lowest BCUT2D eigenvalue weighted by Crippen LogP contribution is -2.09. The van der Waals surface area contributed by atoms with Gasteiger partial charge in [0.2, 0.25) is 0 Å². The number of carbonyl (C=O) groups is 1. The van der Waals surface area contributed by atoms with E-state index in [-0.39, 0.29) is 12.1 Å². The van der Waals surface area contributed by atoms with Gasteiger partial charge >= 0.3 is 0 Å². The number of rotatable bonds is 5. The molecule has 0 radical (unpaired) electrons. The summed E-state index contributed by atoms with van der Waals surface area (Å²) in [6, 6.07) is 5.27. The minimum atomic E-state index is -1.04. The normalized spacial score (nSPS) is 12.1. The summed E-state index contributed by atoms with van der Waals surface area (Å²) in [5.41, 5.74) is 0.330. The van der Waals surface area contributed by atoms with Crippen LogP contribution in [-0.4, -0.2) is 27.5 Å². The molecule has 0 aliphatic rings.